The smallest absolute Gasteiger partial charge is 0.353 e. The maximum Gasteiger partial charge on any atom is 0.378 e. The molecule has 0 bridgehead atoms. The Morgan fingerprint density at radius 3 is 2.33 bits per heavy atom. The van der Waals surface area contributed by atoms with Gasteiger partial charge in [-0.15, -0.1) is 0 Å². The van der Waals surface area contributed by atoms with Crippen LogP contribution < -0.4 is 0 Å². The maximum absolute atomic E-state index is 11.2. The van der Waals surface area contributed by atoms with E-state index in [-0.39, 0.29) is 0 Å². The molecule has 0 saturated carbocycles. The van der Waals surface area contributed by atoms with Crippen LogP contribution in [0.4, 0.5) is 0 Å². The van der Waals surface area contributed by atoms with Crippen LogP contribution in [-0.2, 0) is 4.79 Å². The lowest BCUT2D eigenvalue weighted by atomic mass is 10.4. The van der Waals surface area contributed by atoms with Crippen molar-refractivity contribution in [3.05, 3.63) is 11.4 Å². The van der Waals surface area contributed by atoms with Crippen LogP contribution in [0, 0.1) is 6.57 Å². The van der Waals surface area contributed by atoms with Crippen LogP contribution in [0.1, 0.15) is 13.8 Å². The van der Waals surface area contributed by atoms with Crippen molar-refractivity contribution in [1.82, 2.24) is 4.90 Å². The van der Waals surface area contributed by atoms with Gasteiger partial charge in [-0.05, 0) is 13.8 Å². The lowest BCUT2D eigenvalue weighted by Gasteiger charge is -2.16. The molecule has 0 radical (unpaired) electrons. The SMILES string of the molecule is [C-]#[N+]/C(=N\O)C(=O)N(CC)CC. The Morgan fingerprint density at radius 1 is 1.58 bits per heavy atom. The molecular formula is C7H11N3O2. The molecule has 0 spiro atoms. The fourth-order valence-electron chi connectivity index (χ4n) is 0.765. The fourth-order valence-corrected chi connectivity index (χ4v) is 0.765. The van der Waals surface area contributed by atoms with Crippen LogP contribution in [0.2, 0.25) is 0 Å². The predicted octanol–water partition coefficient (Wildman–Crippen LogP) is 0.562. The van der Waals surface area contributed by atoms with Gasteiger partial charge in [-0.25, -0.2) is 0 Å². The third-order valence-corrected chi connectivity index (χ3v) is 1.44. The largest absolute Gasteiger partial charge is 0.378 e. The number of rotatable bonds is 2. The van der Waals surface area contributed by atoms with Crippen molar-refractivity contribution in [2.45, 2.75) is 13.8 Å². The van der Waals surface area contributed by atoms with E-state index >= 15 is 0 Å². The second-order valence-electron chi connectivity index (χ2n) is 2.01. The number of hydrogen-bond donors (Lipinski definition) is 1. The number of nitrogens with zero attached hydrogens (tertiary/aromatic N) is 3. The van der Waals surface area contributed by atoms with E-state index in [1.54, 1.807) is 13.8 Å². The highest BCUT2D eigenvalue weighted by atomic mass is 16.4. The maximum atomic E-state index is 11.2. The minimum absolute atomic E-state index is 0.487. The van der Waals surface area contributed by atoms with E-state index in [2.05, 4.69) is 10.0 Å². The summed E-state index contributed by atoms with van der Waals surface area (Å²) >= 11 is 0. The molecule has 0 fully saturated rings. The van der Waals surface area contributed by atoms with Gasteiger partial charge in [-0.2, -0.15) is 0 Å². The molecule has 0 rings (SSSR count). The summed E-state index contributed by atoms with van der Waals surface area (Å²) in [4.78, 5) is 15.4. The molecule has 5 nitrogen and oxygen atoms in total. The van der Waals surface area contributed by atoms with Crippen molar-refractivity contribution >= 4 is 11.7 Å². The minimum Gasteiger partial charge on any atom is -0.353 e. The molecule has 0 aromatic carbocycles. The third-order valence-electron chi connectivity index (χ3n) is 1.44. The molecule has 1 amide bonds. The molecule has 0 saturated heterocycles. The Bertz CT molecular complexity index is 225. The van der Waals surface area contributed by atoms with Crippen molar-refractivity contribution in [3.63, 3.8) is 0 Å². The lowest BCUT2D eigenvalue weighted by Crippen LogP contribution is -2.35. The number of carbonyl (C=O) groups excluding carboxylic acids is 1. The fraction of sp³-hybridized carbons (Fsp3) is 0.571. The average molecular weight is 169 g/mol. The van der Waals surface area contributed by atoms with E-state index in [0.717, 1.165) is 0 Å². The zero-order chi connectivity index (χ0) is 9.56. The molecule has 0 aliphatic rings. The topological polar surface area (TPSA) is 57.3 Å². The average Bonchev–Trinajstić information content (AvgIpc) is 2.09. The van der Waals surface area contributed by atoms with E-state index in [4.69, 9.17) is 11.8 Å². The zero-order valence-corrected chi connectivity index (χ0v) is 7.11. The third kappa shape index (κ3) is 2.23. The molecule has 1 N–H and O–H groups in total. The quantitative estimate of drug-likeness (QED) is 0.216. The van der Waals surface area contributed by atoms with E-state index < -0.39 is 11.7 Å². The summed E-state index contributed by atoms with van der Waals surface area (Å²) in [6.07, 6.45) is 0. The van der Waals surface area contributed by atoms with Gasteiger partial charge in [0.25, 0.3) is 5.91 Å². The van der Waals surface area contributed by atoms with E-state index in [9.17, 15) is 4.79 Å². The summed E-state index contributed by atoms with van der Waals surface area (Å²) in [6.45, 7) is 11.1. The standard InChI is InChI=1S/C7H11N3O2/c1-4-10(5-2)7(11)6(8-3)9-12/h12H,4-5H2,1-2H3/b9-6-. The van der Waals surface area contributed by atoms with Crippen molar-refractivity contribution in [3.8, 4) is 0 Å². The monoisotopic (exact) mass is 169 g/mol. The second kappa shape index (κ2) is 5.13. The van der Waals surface area contributed by atoms with Crippen LogP contribution in [0.3, 0.4) is 0 Å². The van der Waals surface area contributed by atoms with Crippen molar-refractivity contribution in [2.75, 3.05) is 13.1 Å². The first kappa shape index (κ1) is 10.4. The van der Waals surface area contributed by atoms with Gasteiger partial charge in [-0.3, -0.25) is 4.79 Å². The molecule has 66 valence electrons. The van der Waals surface area contributed by atoms with Gasteiger partial charge >= 0.3 is 5.84 Å². The minimum atomic E-state index is -0.530. The number of hydrogen-bond acceptors (Lipinski definition) is 3. The highest BCUT2D eigenvalue weighted by molar-refractivity contribution is 6.41. The number of amidine groups is 1. The normalized spacial score (nSPS) is 10.6. The summed E-state index contributed by atoms with van der Waals surface area (Å²) in [5, 5.41) is 10.9. The Balaban J connectivity index is 4.48. The molecule has 0 aromatic rings. The summed E-state index contributed by atoms with van der Waals surface area (Å²) in [5.74, 6) is -1.02. The Labute approximate surface area is 71.1 Å². The highest BCUT2D eigenvalue weighted by Gasteiger charge is 2.17. The first-order valence-corrected chi connectivity index (χ1v) is 3.60. The van der Waals surface area contributed by atoms with Crippen molar-refractivity contribution in [2.24, 2.45) is 5.16 Å². The van der Waals surface area contributed by atoms with Gasteiger partial charge in [-0.1, -0.05) is 6.57 Å². The van der Waals surface area contributed by atoms with Gasteiger partial charge in [0.05, 0.1) is 5.16 Å². The number of likely N-dealkylation sites (N-methyl/N-ethyl adjacent to an activating group) is 1. The first-order valence-electron chi connectivity index (χ1n) is 3.60. The summed E-state index contributed by atoms with van der Waals surface area (Å²) < 4.78 is 0. The van der Waals surface area contributed by atoms with Crippen LogP contribution in [-0.4, -0.2) is 34.9 Å². The predicted molar refractivity (Wildman–Crippen MR) is 43.8 cm³/mol. The molecule has 12 heavy (non-hydrogen) atoms. The lowest BCUT2D eigenvalue weighted by molar-refractivity contribution is -0.123. The molecule has 0 aliphatic heterocycles. The van der Waals surface area contributed by atoms with E-state index in [1.807, 2.05) is 0 Å². The van der Waals surface area contributed by atoms with Gasteiger partial charge < -0.3 is 15.0 Å². The first-order chi connectivity index (χ1) is 5.71. The Kier molecular flexibility index (Phi) is 4.46. The summed E-state index contributed by atoms with van der Waals surface area (Å²) in [5.41, 5.74) is 0. The number of amides is 1. The number of oxime groups is 1. The molecular weight excluding hydrogens is 158 g/mol. The molecule has 0 aromatic heterocycles. The molecule has 0 heterocycles. The van der Waals surface area contributed by atoms with Gasteiger partial charge in [0.1, 0.15) is 0 Å². The molecule has 5 heteroatoms. The van der Waals surface area contributed by atoms with Crippen LogP contribution in [0.25, 0.3) is 4.85 Å². The number of carbonyl (C=O) groups is 1. The van der Waals surface area contributed by atoms with Crippen molar-refractivity contribution < 1.29 is 10.0 Å². The Morgan fingerprint density at radius 2 is 2.08 bits per heavy atom. The van der Waals surface area contributed by atoms with Gasteiger partial charge in [0.2, 0.25) is 0 Å². The van der Waals surface area contributed by atoms with Gasteiger partial charge in [0.15, 0.2) is 0 Å². The Hall–Kier alpha value is -1.57. The molecule has 0 atom stereocenters. The summed E-state index contributed by atoms with van der Waals surface area (Å²) in [7, 11) is 0. The van der Waals surface area contributed by atoms with Gasteiger partial charge in [0, 0.05) is 13.1 Å². The van der Waals surface area contributed by atoms with Crippen LogP contribution in [0.5, 0.6) is 0 Å². The highest BCUT2D eigenvalue weighted by Crippen LogP contribution is 1.92. The van der Waals surface area contributed by atoms with Crippen LogP contribution in [0.15, 0.2) is 5.16 Å². The van der Waals surface area contributed by atoms with E-state index in [0.29, 0.717) is 13.1 Å². The summed E-state index contributed by atoms with van der Waals surface area (Å²) in [6, 6.07) is 0. The second-order valence-corrected chi connectivity index (χ2v) is 2.01. The zero-order valence-electron chi connectivity index (χ0n) is 7.11. The van der Waals surface area contributed by atoms with E-state index in [1.165, 1.54) is 4.90 Å². The molecule has 0 unspecified atom stereocenters. The van der Waals surface area contributed by atoms with Crippen LogP contribution >= 0.6 is 0 Å². The molecule has 0 aliphatic carbocycles. The van der Waals surface area contributed by atoms with Crippen molar-refractivity contribution in [1.29, 1.82) is 0 Å².